The van der Waals surface area contributed by atoms with Gasteiger partial charge < -0.3 is 15.5 Å². The molecule has 2 aromatic heterocycles. The molecule has 0 aliphatic carbocycles. The number of nitrogens with zero attached hydrogens (tertiary/aromatic N) is 5. The van der Waals surface area contributed by atoms with Crippen LogP contribution in [0.5, 0.6) is 0 Å². The van der Waals surface area contributed by atoms with Crippen LogP contribution in [-0.4, -0.2) is 64.7 Å². The van der Waals surface area contributed by atoms with Crippen LogP contribution < -0.4 is 5.73 Å². The number of rotatable bonds is 6. The number of hydrogen-bond donors (Lipinski definition) is 1. The lowest BCUT2D eigenvalue weighted by Gasteiger charge is -2.37. The molecule has 9 heteroatoms. The van der Waals surface area contributed by atoms with Crippen molar-refractivity contribution in [1.82, 2.24) is 19.8 Å². The fraction of sp³-hybridized carbons (Fsp3) is 0.500. The van der Waals surface area contributed by atoms with Crippen molar-refractivity contribution in [2.45, 2.75) is 32.2 Å². The molecular formula is C24H31ClN6O2. The van der Waals surface area contributed by atoms with Gasteiger partial charge in [-0.1, -0.05) is 22.8 Å². The second kappa shape index (κ2) is 10.9. The minimum absolute atomic E-state index is 0.0991. The smallest absolute Gasteiger partial charge is 0.225 e. The maximum atomic E-state index is 13.2. The molecule has 0 bridgehead atoms. The molecule has 4 rings (SSSR count). The van der Waals surface area contributed by atoms with Crippen LogP contribution in [0.25, 0.3) is 0 Å². The Morgan fingerprint density at radius 3 is 2.55 bits per heavy atom. The molecule has 2 N–H and O–H groups in total. The van der Waals surface area contributed by atoms with Crippen molar-refractivity contribution in [2.75, 3.05) is 39.0 Å². The summed E-state index contributed by atoms with van der Waals surface area (Å²) >= 11 is 6.07. The first-order chi connectivity index (χ1) is 16.0. The average molecular weight is 471 g/mol. The molecule has 1 amide bonds. The lowest BCUT2D eigenvalue weighted by molar-refractivity contribution is -0.138. The average Bonchev–Trinajstić information content (AvgIpc) is 2.83. The zero-order valence-electron chi connectivity index (χ0n) is 19.0. The molecule has 0 radical (unpaired) electrons. The van der Waals surface area contributed by atoms with Crippen LogP contribution in [0, 0.1) is 11.8 Å². The van der Waals surface area contributed by atoms with E-state index in [1.54, 1.807) is 19.4 Å². The van der Waals surface area contributed by atoms with Gasteiger partial charge in [-0.05, 0) is 68.6 Å². The molecule has 33 heavy (non-hydrogen) atoms. The molecule has 2 aromatic rings. The summed E-state index contributed by atoms with van der Waals surface area (Å²) in [5.74, 6) is 1.12. The number of nitrogen functional groups attached to an aromatic ring is 1. The van der Waals surface area contributed by atoms with Crippen molar-refractivity contribution in [3.63, 3.8) is 0 Å². The number of pyridine rings is 2. The zero-order chi connectivity index (χ0) is 23.2. The summed E-state index contributed by atoms with van der Waals surface area (Å²) in [6, 6.07) is 9.42. The molecule has 4 heterocycles. The van der Waals surface area contributed by atoms with E-state index in [4.69, 9.17) is 22.2 Å². The SMILES string of the molecule is CON=C(c1cccc(Cl)n1)C1CCN(C(=O)C2CCN(Cc3ccnc(N)c3)CC2)CC1. The summed E-state index contributed by atoms with van der Waals surface area (Å²) in [5.41, 5.74) is 8.49. The zero-order valence-corrected chi connectivity index (χ0v) is 19.7. The third kappa shape index (κ3) is 6.00. The molecule has 0 unspecified atom stereocenters. The highest BCUT2D eigenvalue weighted by molar-refractivity contribution is 6.29. The number of piperidine rings is 2. The molecule has 0 spiro atoms. The van der Waals surface area contributed by atoms with E-state index >= 15 is 0 Å². The Morgan fingerprint density at radius 1 is 1.15 bits per heavy atom. The van der Waals surface area contributed by atoms with Gasteiger partial charge in [0.1, 0.15) is 23.8 Å². The van der Waals surface area contributed by atoms with Crippen molar-refractivity contribution in [2.24, 2.45) is 17.0 Å². The standard InChI is InChI=1S/C24H31ClN6O2/c1-33-29-23(20-3-2-4-21(25)28-20)18-8-13-31(14-9-18)24(32)19-6-11-30(12-7-19)16-17-5-10-27-22(26)15-17/h2-5,10,15,18-19H,6-9,11-14,16H2,1H3,(H2,26,27). The first kappa shape index (κ1) is 23.4. The van der Waals surface area contributed by atoms with E-state index in [0.717, 1.165) is 75.4 Å². The Morgan fingerprint density at radius 2 is 1.88 bits per heavy atom. The molecule has 2 aliphatic rings. The molecular weight excluding hydrogens is 440 g/mol. The van der Waals surface area contributed by atoms with E-state index in [2.05, 4.69) is 20.0 Å². The first-order valence-electron chi connectivity index (χ1n) is 11.5. The Hall–Kier alpha value is -2.71. The lowest BCUT2D eigenvalue weighted by Crippen LogP contribution is -2.46. The van der Waals surface area contributed by atoms with Gasteiger partial charge in [0.2, 0.25) is 5.91 Å². The number of oxime groups is 1. The van der Waals surface area contributed by atoms with Crippen molar-refractivity contribution in [3.8, 4) is 0 Å². The number of aromatic nitrogens is 2. The van der Waals surface area contributed by atoms with Gasteiger partial charge in [-0.15, -0.1) is 0 Å². The summed E-state index contributed by atoms with van der Waals surface area (Å²) in [6.07, 6.45) is 5.20. The number of anilines is 1. The molecule has 0 saturated carbocycles. The highest BCUT2D eigenvalue weighted by Crippen LogP contribution is 2.27. The van der Waals surface area contributed by atoms with Crippen LogP contribution in [0.15, 0.2) is 41.7 Å². The highest BCUT2D eigenvalue weighted by atomic mass is 35.5. The minimum atomic E-state index is 0.0991. The van der Waals surface area contributed by atoms with Gasteiger partial charge in [-0.2, -0.15) is 0 Å². The van der Waals surface area contributed by atoms with Crippen molar-refractivity contribution < 1.29 is 9.63 Å². The number of hydrogen-bond acceptors (Lipinski definition) is 7. The predicted octanol–water partition coefficient (Wildman–Crippen LogP) is 3.21. The third-order valence-electron chi connectivity index (χ3n) is 6.55. The highest BCUT2D eigenvalue weighted by Gasteiger charge is 2.32. The molecule has 176 valence electrons. The van der Waals surface area contributed by atoms with Crippen molar-refractivity contribution in [3.05, 3.63) is 52.9 Å². The van der Waals surface area contributed by atoms with Crippen LogP contribution in [-0.2, 0) is 16.2 Å². The van der Waals surface area contributed by atoms with E-state index in [1.165, 1.54) is 0 Å². The van der Waals surface area contributed by atoms with Crippen LogP contribution >= 0.6 is 11.6 Å². The van der Waals surface area contributed by atoms with Crippen LogP contribution in [0.3, 0.4) is 0 Å². The maximum Gasteiger partial charge on any atom is 0.225 e. The Kier molecular flexibility index (Phi) is 7.77. The number of nitrogens with two attached hydrogens (primary N) is 1. The molecule has 0 atom stereocenters. The van der Waals surface area contributed by atoms with Gasteiger partial charge in [0, 0.05) is 37.7 Å². The summed E-state index contributed by atoms with van der Waals surface area (Å²) in [5, 5.41) is 4.67. The molecule has 2 saturated heterocycles. The summed E-state index contributed by atoms with van der Waals surface area (Å²) in [4.78, 5) is 31.1. The van der Waals surface area contributed by atoms with Gasteiger partial charge in [0.15, 0.2) is 0 Å². The van der Waals surface area contributed by atoms with E-state index in [9.17, 15) is 4.79 Å². The molecule has 8 nitrogen and oxygen atoms in total. The number of carbonyl (C=O) groups is 1. The van der Waals surface area contributed by atoms with Gasteiger partial charge in [0.25, 0.3) is 0 Å². The summed E-state index contributed by atoms with van der Waals surface area (Å²) < 4.78 is 0. The second-order valence-electron chi connectivity index (χ2n) is 8.74. The Bertz CT molecular complexity index is 984. The van der Waals surface area contributed by atoms with Crippen molar-refractivity contribution >= 4 is 29.0 Å². The lowest BCUT2D eigenvalue weighted by atomic mass is 9.88. The van der Waals surface area contributed by atoms with E-state index in [0.29, 0.717) is 11.0 Å². The number of halogens is 1. The van der Waals surface area contributed by atoms with Crippen LogP contribution in [0.2, 0.25) is 5.15 Å². The number of amides is 1. The van der Waals surface area contributed by atoms with Crippen molar-refractivity contribution in [1.29, 1.82) is 0 Å². The van der Waals surface area contributed by atoms with Gasteiger partial charge in [0.05, 0.1) is 5.69 Å². The van der Waals surface area contributed by atoms with Crippen LogP contribution in [0.4, 0.5) is 5.82 Å². The van der Waals surface area contributed by atoms with Crippen LogP contribution in [0.1, 0.15) is 36.9 Å². The quantitative estimate of drug-likeness (QED) is 0.395. The largest absolute Gasteiger partial charge is 0.399 e. The summed E-state index contributed by atoms with van der Waals surface area (Å²) in [7, 11) is 1.54. The van der Waals surface area contributed by atoms with Gasteiger partial charge in [-0.25, -0.2) is 9.97 Å². The first-order valence-corrected chi connectivity index (χ1v) is 11.9. The van der Waals surface area contributed by atoms with E-state index < -0.39 is 0 Å². The maximum absolute atomic E-state index is 13.2. The number of carbonyl (C=O) groups excluding carboxylic acids is 1. The molecule has 2 fully saturated rings. The normalized spacial score (nSPS) is 19.0. The third-order valence-corrected chi connectivity index (χ3v) is 6.76. The fourth-order valence-electron chi connectivity index (χ4n) is 4.80. The topological polar surface area (TPSA) is 96.9 Å². The molecule has 0 aromatic carbocycles. The van der Waals surface area contributed by atoms with Gasteiger partial charge in [-0.3, -0.25) is 9.69 Å². The monoisotopic (exact) mass is 470 g/mol. The Labute approximate surface area is 199 Å². The van der Waals surface area contributed by atoms with E-state index in [1.807, 2.05) is 29.2 Å². The number of likely N-dealkylation sites (tertiary alicyclic amines) is 2. The Balaban J connectivity index is 1.28. The fourth-order valence-corrected chi connectivity index (χ4v) is 4.96. The molecule has 2 aliphatic heterocycles. The van der Waals surface area contributed by atoms with Gasteiger partial charge >= 0.3 is 0 Å². The second-order valence-corrected chi connectivity index (χ2v) is 9.13. The minimum Gasteiger partial charge on any atom is -0.399 e. The van der Waals surface area contributed by atoms with E-state index in [-0.39, 0.29) is 17.7 Å². The summed E-state index contributed by atoms with van der Waals surface area (Å²) in [6.45, 7) is 4.13. The predicted molar refractivity (Wildman–Crippen MR) is 129 cm³/mol.